The lowest BCUT2D eigenvalue weighted by Gasteiger charge is -2.00. The number of aromatic nitrogens is 3. The van der Waals surface area contributed by atoms with Crippen molar-refractivity contribution in [2.75, 3.05) is 0 Å². The van der Waals surface area contributed by atoms with Gasteiger partial charge in [0, 0.05) is 12.8 Å². The van der Waals surface area contributed by atoms with Gasteiger partial charge in [-0.2, -0.15) is 5.10 Å². The highest BCUT2D eigenvalue weighted by atomic mass is 79.9. The number of halogens is 1. The van der Waals surface area contributed by atoms with Gasteiger partial charge in [0.15, 0.2) is 0 Å². The van der Waals surface area contributed by atoms with Gasteiger partial charge in [0.05, 0.1) is 21.6 Å². The highest BCUT2D eigenvalue weighted by molar-refractivity contribution is 9.10. The van der Waals surface area contributed by atoms with Crippen LogP contribution in [0.2, 0.25) is 0 Å². The Labute approximate surface area is 113 Å². The van der Waals surface area contributed by atoms with Crippen LogP contribution in [0.4, 0.5) is 0 Å². The normalized spacial score (nSPS) is 11.1. The monoisotopic (exact) mass is 315 g/mol. The Morgan fingerprint density at radius 3 is 2.47 bits per heavy atom. The van der Waals surface area contributed by atoms with E-state index < -0.39 is 0 Å². The molecule has 0 fully saturated rings. The molecule has 0 unspecified atom stereocenters. The molecule has 0 aliphatic carbocycles. The molecule has 0 bridgehead atoms. The highest BCUT2D eigenvalue weighted by Gasteiger charge is 2.13. The molecule has 0 aliphatic rings. The zero-order valence-electron chi connectivity index (χ0n) is 10.2. The smallest absolute Gasteiger partial charge is 0.256 e. The Bertz CT molecular complexity index is 528. The summed E-state index contributed by atoms with van der Waals surface area (Å²) in [7, 11) is 1.94. The minimum atomic E-state index is 0.714. The lowest BCUT2D eigenvalue weighted by molar-refractivity contribution is 0.431. The Hall–Kier alpha value is -0.750. The molecule has 0 aromatic carbocycles. The summed E-state index contributed by atoms with van der Waals surface area (Å²) in [5.41, 5.74) is 3.09. The van der Waals surface area contributed by atoms with E-state index in [-0.39, 0.29) is 0 Å². The Morgan fingerprint density at radius 1 is 1.29 bits per heavy atom. The summed E-state index contributed by atoms with van der Waals surface area (Å²) in [6.07, 6.45) is 0. The summed E-state index contributed by atoms with van der Waals surface area (Å²) in [6, 6.07) is 0. The number of thioether (sulfide) groups is 1. The number of nitrogens with zero attached hydrogens (tertiary/aromatic N) is 3. The van der Waals surface area contributed by atoms with Crippen LogP contribution in [-0.4, -0.2) is 14.8 Å². The van der Waals surface area contributed by atoms with Crippen molar-refractivity contribution in [3.8, 4) is 0 Å². The quantitative estimate of drug-likeness (QED) is 0.814. The van der Waals surface area contributed by atoms with Gasteiger partial charge in [-0.05, 0) is 36.7 Å². The van der Waals surface area contributed by atoms with Gasteiger partial charge in [-0.15, -0.1) is 0 Å². The van der Waals surface area contributed by atoms with Crippen molar-refractivity contribution >= 4 is 27.7 Å². The van der Waals surface area contributed by atoms with Crippen LogP contribution >= 0.6 is 27.7 Å². The average Bonchev–Trinajstić information content (AvgIpc) is 2.69. The van der Waals surface area contributed by atoms with Gasteiger partial charge in [-0.25, -0.2) is 4.98 Å². The number of hydrogen-bond donors (Lipinski definition) is 0. The molecule has 4 nitrogen and oxygen atoms in total. The predicted molar refractivity (Wildman–Crippen MR) is 71.2 cm³/mol. The van der Waals surface area contributed by atoms with Gasteiger partial charge < -0.3 is 4.42 Å². The molecule has 2 rings (SSSR count). The molecule has 0 spiro atoms. The summed E-state index contributed by atoms with van der Waals surface area (Å²) in [4.78, 5) is 4.34. The van der Waals surface area contributed by atoms with E-state index in [1.54, 1.807) is 11.8 Å². The van der Waals surface area contributed by atoms with Gasteiger partial charge in [0.2, 0.25) is 0 Å². The van der Waals surface area contributed by atoms with Gasteiger partial charge in [-0.3, -0.25) is 4.68 Å². The van der Waals surface area contributed by atoms with Crippen molar-refractivity contribution < 1.29 is 4.42 Å². The average molecular weight is 316 g/mol. The van der Waals surface area contributed by atoms with E-state index in [1.807, 2.05) is 32.5 Å². The molecule has 2 aromatic rings. The van der Waals surface area contributed by atoms with Crippen LogP contribution in [0.15, 0.2) is 14.1 Å². The first kappa shape index (κ1) is 12.7. The third-order valence-electron chi connectivity index (χ3n) is 2.60. The topological polar surface area (TPSA) is 43.9 Å². The van der Waals surface area contributed by atoms with Crippen LogP contribution in [0, 0.1) is 20.8 Å². The molecule has 0 amide bonds. The molecule has 17 heavy (non-hydrogen) atoms. The molecule has 92 valence electrons. The second kappa shape index (κ2) is 4.86. The minimum Gasteiger partial charge on any atom is -0.437 e. The Morgan fingerprint density at radius 2 is 2.00 bits per heavy atom. The van der Waals surface area contributed by atoms with Gasteiger partial charge in [-0.1, -0.05) is 11.8 Å². The van der Waals surface area contributed by atoms with Crippen LogP contribution in [0.25, 0.3) is 0 Å². The molecule has 2 aromatic heterocycles. The van der Waals surface area contributed by atoms with Crippen molar-refractivity contribution in [3.05, 3.63) is 27.3 Å². The zero-order valence-corrected chi connectivity index (χ0v) is 12.6. The maximum atomic E-state index is 5.53. The highest BCUT2D eigenvalue weighted by Crippen LogP contribution is 2.28. The van der Waals surface area contributed by atoms with Gasteiger partial charge in [0.25, 0.3) is 5.22 Å². The van der Waals surface area contributed by atoms with Crippen molar-refractivity contribution in [2.45, 2.75) is 31.7 Å². The van der Waals surface area contributed by atoms with E-state index in [2.05, 4.69) is 26.0 Å². The first-order chi connectivity index (χ1) is 7.99. The van der Waals surface area contributed by atoms with Crippen molar-refractivity contribution in [1.82, 2.24) is 14.8 Å². The Balaban J connectivity index is 2.12. The molecule has 2 heterocycles. The minimum absolute atomic E-state index is 0.714. The van der Waals surface area contributed by atoms with E-state index >= 15 is 0 Å². The second-order valence-corrected chi connectivity index (χ2v) is 5.60. The second-order valence-electron chi connectivity index (χ2n) is 3.88. The molecule has 0 radical (unpaired) electrons. The fraction of sp³-hybridized carbons (Fsp3) is 0.455. The summed E-state index contributed by atoms with van der Waals surface area (Å²) in [5.74, 6) is 1.67. The molecule has 0 N–H and O–H groups in total. The summed E-state index contributed by atoms with van der Waals surface area (Å²) in [6.45, 7) is 5.86. The van der Waals surface area contributed by atoms with Crippen LogP contribution in [0.1, 0.15) is 22.8 Å². The number of hydrogen-bond acceptors (Lipinski definition) is 4. The van der Waals surface area contributed by atoms with E-state index in [9.17, 15) is 0 Å². The Kier molecular flexibility index (Phi) is 3.63. The molecule has 0 saturated heterocycles. The van der Waals surface area contributed by atoms with Crippen molar-refractivity contribution in [1.29, 1.82) is 0 Å². The molecular weight excluding hydrogens is 302 g/mol. The number of oxazole rings is 1. The van der Waals surface area contributed by atoms with E-state index in [0.717, 1.165) is 33.1 Å². The number of aryl methyl sites for hydroxylation is 4. The SMILES string of the molecule is Cc1nc(SCc2c(Br)c(C)nn2C)oc1C. The maximum Gasteiger partial charge on any atom is 0.256 e. The summed E-state index contributed by atoms with van der Waals surface area (Å²) >= 11 is 5.13. The third kappa shape index (κ3) is 2.57. The third-order valence-corrected chi connectivity index (χ3v) is 4.47. The molecule has 0 saturated carbocycles. The first-order valence-corrected chi connectivity index (χ1v) is 7.01. The lowest BCUT2D eigenvalue weighted by Crippen LogP contribution is -1.96. The lowest BCUT2D eigenvalue weighted by atomic mass is 10.4. The van der Waals surface area contributed by atoms with Crippen LogP contribution in [0.3, 0.4) is 0 Å². The zero-order chi connectivity index (χ0) is 12.6. The van der Waals surface area contributed by atoms with Crippen molar-refractivity contribution in [2.24, 2.45) is 7.05 Å². The van der Waals surface area contributed by atoms with Crippen LogP contribution in [0.5, 0.6) is 0 Å². The van der Waals surface area contributed by atoms with Gasteiger partial charge >= 0.3 is 0 Å². The van der Waals surface area contributed by atoms with Gasteiger partial charge in [0.1, 0.15) is 5.76 Å². The van der Waals surface area contributed by atoms with Crippen LogP contribution < -0.4 is 0 Å². The predicted octanol–water partition coefficient (Wildman–Crippen LogP) is 3.39. The fourth-order valence-electron chi connectivity index (χ4n) is 1.47. The molecule has 6 heteroatoms. The van der Waals surface area contributed by atoms with E-state index in [4.69, 9.17) is 4.42 Å². The standard InChI is InChI=1S/C11H14BrN3OS/c1-6-8(3)16-11(13-6)17-5-9-10(12)7(2)14-15(9)4/h5H2,1-4H3. The molecular formula is C11H14BrN3OS. The summed E-state index contributed by atoms with van der Waals surface area (Å²) < 4.78 is 8.48. The molecule has 0 aliphatic heterocycles. The van der Waals surface area contributed by atoms with E-state index in [0.29, 0.717) is 5.22 Å². The van der Waals surface area contributed by atoms with Crippen LogP contribution in [-0.2, 0) is 12.8 Å². The first-order valence-electron chi connectivity index (χ1n) is 5.24. The van der Waals surface area contributed by atoms with E-state index in [1.165, 1.54) is 0 Å². The maximum absolute atomic E-state index is 5.53. The largest absolute Gasteiger partial charge is 0.437 e. The van der Waals surface area contributed by atoms with Crippen molar-refractivity contribution in [3.63, 3.8) is 0 Å². The molecule has 0 atom stereocenters. The summed E-state index contributed by atoms with van der Waals surface area (Å²) in [5, 5.41) is 5.06. The fourth-order valence-corrected chi connectivity index (χ4v) is 3.11. The number of rotatable bonds is 3.